The molecule has 0 rings (SSSR count). The van der Waals surface area contributed by atoms with Crippen LogP contribution in [0.15, 0.2) is 0 Å². The molecule has 7 nitrogen and oxygen atoms in total. The molecule has 1 atom stereocenters. The first kappa shape index (κ1) is 17.2. The predicted molar refractivity (Wildman–Crippen MR) is 70.8 cm³/mol. The number of urea groups is 1. The SMILES string of the molecule is CCNC(=O)CN(C)C(=O)NC(C)CCCC(=O)O. The molecule has 0 aliphatic carbocycles. The van der Waals surface area contributed by atoms with E-state index in [0.29, 0.717) is 19.4 Å². The maximum Gasteiger partial charge on any atom is 0.317 e. The zero-order valence-electron chi connectivity index (χ0n) is 11.7. The molecular weight excluding hydrogens is 250 g/mol. The molecule has 110 valence electrons. The van der Waals surface area contributed by atoms with Gasteiger partial charge in [0.15, 0.2) is 0 Å². The van der Waals surface area contributed by atoms with Gasteiger partial charge in [0.1, 0.15) is 6.54 Å². The van der Waals surface area contributed by atoms with Gasteiger partial charge in [-0.15, -0.1) is 0 Å². The summed E-state index contributed by atoms with van der Waals surface area (Å²) in [6.07, 6.45) is 1.19. The first-order valence-corrected chi connectivity index (χ1v) is 6.37. The Hall–Kier alpha value is -1.79. The summed E-state index contributed by atoms with van der Waals surface area (Å²) in [7, 11) is 1.54. The van der Waals surface area contributed by atoms with E-state index < -0.39 is 5.97 Å². The summed E-state index contributed by atoms with van der Waals surface area (Å²) < 4.78 is 0. The number of carboxylic acid groups (broad SMARTS) is 1. The molecule has 1 unspecified atom stereocenters. The molecule has 0 aromatic carbocycles. The second-order valence-corrected chi connectivity index (χ2v) is 4.45. The molecule has 0 fully saturated rings. The topological polar surface area (TPSA) is 98.7 Å². The van der Waals surface area contributed by atoms with Gasteiger partial charge in [0.05, 0.1) is 0 Å². The van der Waals surface area contributed by atoms with Gasteiger partial charge in [-0.2, -0.15) is 0 Å². The van der Waals surface area contributed by atoms with E-state index in [9.17, 15) is 14.4 Å². The molecule has 0 bridgehead atoms. The van der Waals surface area contributed by atoms with Gasteiger partial charge in [-0.25, -0.2) is 4.79 Å². The Kier molecular flexibility index (Phi) is 8.32. The summed E-state index contributed by atoms with van der Waals surface area (Å²) >= 11 is 0. The fraction of sp³-hybridized carbons (Fsp3) is 0.750. The van der Waals surface area contributed by atoms with E-state index in [-0.39, 0.29) is 30.9 Å². The zero-order chi connectivity index (χ0) is 14.8. The number of carbonyl (C=O) groups excluding carboxylic acids is 2. The Morgan fingerprint density at radius 3 is 2.47 bits per heavy atom. The van der Waals surface area contributed by atoms with Crippen LogP contribution in [0.2, 0.25) is 0 Å². The van der Waals surface area contributed by atoms with Crippen LogP contribution in [0.4, 0.5) is 4.79 Å². The largest absolute Gasteiger partial charge is 0.481 e. The fourth-order valence-corrected chi connectivity index (χ4v) is 1.49. The molecule has 3 N–H and O–H groups in total. The van der Waals surface area contributed by atoms with Crippen LogP contribution in [0.25, 0.3) is 0 Å². The smallest absolute Gasteiger partial charge is 0.317 e. The van der Waals surface area contributed by atoms with Gasteiger partial charge in [0.2, 0.25) is 5.91 Å². The van der Waals surface area contributed by atoms with E-state index in [0.717, 1.165) is 0 Å². The third-order valence-electron chi connectivity index (χ3n) is 2.50. The van der Waals surface area contributed by atoms with E-state index in [1.54, 1.807) is 6.92 Å². The maximum atomic E-state index is 11.7. The van der Waals surface area contributed by atoms with E-state index >= 15 is 0 Å². The molecule has 0 saturated carbocycles. The van der Waals surface area contributed by atoms with E-state index in [1.165, 1.54) is 11.9 Å². The Bertz CT molecular complexity index is 320. The minimum Gasteiger partial charge on any atom is -0.481 e. The van der Waals surface area contributed by atoms with Gasteiger partial charge in [0, 0.05) is 26.1 Å². The molecule has 0 spiro atoms. The Morgan fingerprint density at radius 1 is 1.32 bits per heavy atom. The first-order valence-electron chi connectivity index (χ1n) is 6.37. The van der Waals surface area contributed by atoms with Crippen LogP contribution in [0, 0.1) is 0 Å². The van der Waals surface area contributed by atoms with Crippen LogP contribution in [-0.4, -0.2) is 54.1 Å². The maximum absolute atomic E-state index is 11.7. The monoisotopic (exact) mass is 273 g/mol. The summed E-state index contributed by atoms with van der Waals surface area (Å²) in [5.41, 5.74) is 0. The van der Waals surface area contributed by atoms with Crippen molar-refractivity contribution in [3.8, 4) is 0 Å². The third-order valence-corrected chi connectivity index (χ3v) is 2.50. The zero-order valence-corrected chi connectivity index (χ0v) is 11.7. The Morgan fingerprint density at radius 2 is 1.95 bits per heavy atom. The average molecular weight is 273 g/mol. The molecule has 0 saturated heterocycles. The summed E-state index contributed by atoms with van der Waals surface area (Å²) in [4.78, 5) is 34.6. The van der Waals surface area contributed by atoms with Gasteiger partial charge in [-0.1, -0.05) is 0 Å². The average Bonchev–Trinajstić information content (AvgIpc) is 2.28. The molecule has 0 heterocycles. The molecule has 19 heavy (non-hydrogen) atoms. The quantitative estimate of drug-likeness (QED) is 0.596. The van der Waals surface area contributed by atoms with Crippen LogP contribution in [-0.2, 0) is 9.59 Å². The summed E-state index contributed by atoms with van der Waals surface area (Å²) in [5.74, 6) is -1.05. The first-order chi connectivity index (χ1) is 8.86. The minimum absolute atomic E-state index is 0.00151. The van der Waals surface area contributed by atoms with Gasteiger partial charge in [-0.3, -0.25) is 9.59 Å². The highest BCUT2D eigenvalue weighted by Crippen LogP contribution is 2.01. The van der Waals surface area contributed by atoms with Crippen molar-refractivity contribution in [3.63, 3.8) is 0 Å². The van der Waals surface area contributed by atoms with Crippen molar-refractivity contribution in [2.45, 2.75) is 39.2 Å². The summed E-state index contributed by atoms with van der Waals surface area (Å²) in [6.45, 7) is 4.14. The highest BCUT2D eigenvalue weighted by atomic mass is 16.4. The molecular formula is C12H23N3O4. The molecule has 0 radical (unpaired) electrons. The molecule has 7 heteroatoms. The summed E-state index contributed by atoms with van der Waals surface area (Å²) in [5, 5.41) is 13.8. The number of hydrogen-bond donors (Lipinski definition) is 3. The third kappa shape index (κ3) is 8.87. The van der Waals surface area contributed by atoms with Gasteiger partial charge < -0.3 is 20.6 Å². The number of rotatable bonds is 8. The number of hydrogen-bond acceptors (Lipinski definition) is 3. The lowest BCUT2D eigenvalue weighted by Gasteiger charge is -2.20. The highest BCUT2D eigenvalue weighted by molar-refractivity contribution is 5.83. The number of nitrogens with one attached hydrogen (secondary N) is 2. The lowest BCUT2D eigenvalue weighted by molar-refractivity contribution is -0.137. The van der Waals surface area contributed by atoms with Crippen molar-refractivity contribution in [1.82, 2.24) is 15.5 Å². The Balaban J connectivity index is 3.93. The van der Waals surface area contributed by atoms with Gasteiger partial charge in [0.25, 0.3) is 0 Å². The Labute approximate surface area is 113 Å². The van der Waals surface area contributed by atoms with E-state index in [1.807, 2.05) is 6.92 Å². The van der Waals surface area contributed by atoms with Crippen molar-refractivity contribution in [2.24, 2.45) is 0 Å². The lowest BCUT2D eigenvalue weighted by Crippen LogP contribution is -2.46. The van der Waals surface area contributed by atoms with Crippen molar-refractivity contribution < 1.29 is 19.5 Å². The standard InChI is InChI=1S/C12H23N3O4/c1-4-13-10(16)8-15(3)12(19)14-9(2)6-5-7-11(17)18/h9H,4-8H2,1-3H3,(H,13,16)(H,14,19)(H,17,18). The van der Waals surface area contributed by atoms with Crippen molar-refractivity contribution in [2.75, 3.05) is 20.1 Å². The second-order valence-electron chi connectivity index (χ2n) is 4.45. The summed E-state index contributed by atoms with van der Waals surface area (Å²) in [6, 6.07) is -0.461. The van der Waals surface area contributed by atoms with Gasteiger partial charge in [-0.05, 0) is 26.7 Å². The molecule has 0 aliphatic heterocycles. The minimum atomic E-state index is -0.841. The van der Waals surface area contributed by atoms with Crippen molar-refractivity contribution >= 4 is 17.9 Å². The van der Waals surface area contributed by atoms with Crippen LogP contribution in [0.1, 0.15) is 33.1 Å². The van der Waals surface area contributed by atoms with Crippen LogP contribution in [0.3, 0.4) is 0 Å². The second kappa shape index (κ2) is 9.18. The molecule has 0 aliphatic rings. The molecule has 3 amide bonds. The number of likely N-dealkylation sites (N-methyl/N-ethyl adjacent to an activating group) is 2. The molecule has 0 aromatic heterocycles. The normalized spacial score (nSPS) is 11.5. The highest BCUT2D eigenvalue weighted by Gasteiger charge is 2.14. The fourth-order valence-electron chi connectivity index (χ4n) is 1.49. The number of amides is 3. The lowest BCUT2D eigenvalue weighted by atomic mass is 10.1. The number of carboxylic acids is 1. The number of nitrogens with zero attached hydrogens (tertiary/aromatic N) is 1. The van der Waals surface area contributed by atoms with E-state index in [2.05, 4.69) is 10.6 Å². The number of aliphatic carboxylic acids is 1. The van der Waals surface area contributed by atoms with Crippen LogP contribution in [0.5, 0.6) is 0 Å². The van der Waals surface area contributed by atoms with Crippen molar-refractivity contribution in [3.05, 3.63) is 0 Å². The van der Waals surface area contributed by atoms with Crippen LogP contribution < -0.4 is 10.6 Å². The van der Waals surface area contributed by atoms with Crippen molar-refractivity contribution in [1.29, 1.82) is 0 Å². The molecule has 0 aromatic rings. The van der Waals surface area contributed by atoms with Crippen LogP contribution >= 0.6 is 0 Å². The van der Waals surface area contributed by atoms with Gasteiger partial charge >= 0.3 is 12.0 Å². The number of carbonyl (C=O) groups is 3. The van der Waals surface area contributed by atoms with E-state index in [4.69, 9.17) is 5.11 Å². The predicted octanol–water partition coefficient (Wildman–Crippen LogP) is 0.407.